The Morgan fingerprint density at radius 1 is 0.587 bits per heavy atom. The van der Waals surface area contributed by atoms with Gasteiger partial charge in [0.05, 0.1) is 27.7 Å². The molecular formula is C36H72NO8P. The summed E-state index contributed by atoms with van der Waals surface area (Å²) in [5.41, 5.74) is 0. The monoisotopic (exact) mass is 677 g/mol. The summed E-state index contributed by atoms with van der Waals surface area (Å²) in [6, 6.07) is 0. The first-order valence-electron chi connectivity index (χ1n) is 18.7. The minimum atomic E-state index is -4.60. The summed E-state index contributed by atoms with van der Waals surface area (Å²) in [6.45, 7) is 4.14. The van der Waals surface area contributed by atoms with Gasteiger partial charge >= 0.3 is 11.9 Å². The van der Waals surface area contributed by atoms with Crippen molar-refractivity contribution in [2.75, 3.05) is 47.5 Å². The van der Waals surface area contributed by atoms with Crippen LogP contribution < -0.4 is 4.89 Å². The van der Waals surface area contributed by atoms with Crippen LogP contribution in [0.3, 0.4) is 0 Å². The van der Waals surface area contributed by atoms with Gasteiger partial charge in [-0.25, -0.2) is 0 Å². The lowest BCUT2D eigenvalue weighted by Crippen LogP contribution is -2.37. The highest BCUT2D eigenvalue weighted by Crippen LogP contribution is 2.38. The second-order valence-electron chi connectivity index (χ2n) is 14.0. The molecule has 2 atom stereocenters. The van der Waals surface area contributed by atoms with Crippen LogP contribution in [0.2, 0.25) is 0 Å². The molecule has 0 N–H and O–H groups in total. The molecule has 0 bridgehead atoms. The zero-order chi connectivity index (χ0) is 34.4. The Bertz CT molecular complexity index is 774. The van der Waals surface area contributed by atoms with Crippen LogP contribution in [-0.4, -0.2) is 70.0 Å². The van der Waals surface area contributed by atoms with Crippen LogP contribution in [0.25, 0.3) is 0 Å². The summed E-state index contributed by atoms with van der Waals surface area (Å²) in [6.07, 6.45) is 26.0. The number of ether oxygens (including phenoxy) is 2. The van der Waals surface area contributed by atoms with Crippen molar-refractivity contribution in [2.45, 2.75) is 174 Å². The van der Waals surface area contributed by atoms with E-state index >= 15 is 0 Å². The predicted octanol–water partition coefficient (Wildman–Crippen LogP) is 9.05. The third-order valence-electron chi connectivity index (χ3n) is 8.13. The van der Waals surface area contributed by atoms with E-state index in [9.17, 15) is 19.0 Å². The van der Waals surface area contributed by atoms with Gasteiger partial charge in [-0.15, -0.1) is 0 Å². The Kier molecular flexibility index (Phi) is 29.4. The SMILES string of the molecule is CCCCCCCCCCCCCCCCCCCC(=O)OC(COC(=O)CCCCCCC)COP(=O)([O-])OCC[N+](C)(C)C. The van der Waals surface area contributed by atoms with Crippen molar-refractivity contribution in [1.29, 1.82) is 0 Å². The first-order valence-corrected chi connectivity index (χ1v) is 20.2. The summed E-state index contributed by atoms with van der Waals surface area (Å²) in [5.74, 6) is -0.841. The van der Waals surface area contributed by atoms with Gasteiger partial charge in [0.25, 0.3) is 7.82 Å². The molecule has 46 heavy (non-hydrogen) atoms. The quantitative estimate of drug-likeness (QED) is 0.0287. The normalized spacial score (nSPS) is 13.8. The summed E-state index contributed by atoms with van der Waals surface area (Å²) in [5, 5.41) is 0. The summed E-state index contributed by atoms with van der Waals surface area (Å²) >= 11 is 0. The molecule has 2 unspecified atom stereocenters. The molecular weight excluding hydrogens is 605 g/mol. The van der Waals surface area contributed by atoms with E-state index in [4.69, 9.17) is 18.5 Å². The van der Waals surface area contributed by atoms with Crippen LogP contribution in [-0.2, 0) is 32.7 Å². The summed E-state index contributed by atoms with van der Waals surface area (Å²) < 4.78 is 33.5. The number of rotatable bonds is 34. The van der Waals surface area contributed by atoms with Gasteiger partial charge in [0.2, 0.25) is 0 Å². The van der Waals surface area contributed by atoms with E-state index < -0.39 is 32.5 Å². The lowest BCUT2D eigenvalue weighted by Gasteiger charge is -2.28. The maximum atomic E-state index is 12.5. The standard InChI is InChI=1S/C36H72NO8P/c1-6-8-10-12-13-14-15-16-17-18-19-20-21-22-23-25-27-29-36(39)45-34(32-42-35(38)28-26-24-11-9-7-2)33-44-46(40,41)43-31-30-37(3,4)5/h34H,6-33H2,1-5H3. The number of likely N-dealkylation sites (N-methyl/N-ethyl adjacent to an activating group) is 1. The van der Waals surface area contributed by atoms with Gasteiger partial charge in [0.15, 0.2) is 6.10 Å². The van der Waals surface area contributed by atoms with Crippen molar-refractivity contribution in [3.8, 4) is 0 Å². The fourth-order valence-electron chi connectivity index (χ4n) is 5.12. The number of carbonyl (C=O) groups excluding carboxylic acids is 2. The third-order valence-corrected chi connectivity index (χ3v) is 9.09. The molecule has 0 fully saturated rings. The van der Waals surface area contributed by atoms with Gasteiger partial charge in [0, 0.05) is 12.8 Å². The minimum Gasteiger partial charge on any atom is -0.756 e. The molecule has 0 spiro atoms. The lowest BCUT2D eigenvalue weighted by molar-refractivity contribution is -0.870. The molecule has 9 nitrogen and oxygen atoms in total. The number of hydrogen-bond acceptors (Lipinski definition) is 8. The van der Waals surface area contributed by atoms with E-state index in [0.29, 0.717) is 17.4 Å². The fourth-order valence-corrected chi connectivity index (χ4v) is 5.85. The molecule has 0 heterocycles. The predicted molar refractivity (Wildman–Crippen MR) is 185 cm³/mol. The third kappa shape index (κ3) is 32.9. The average Bonchev–Trinajstić information content (AvgIpc) is 2.99. The molecule has 0 saturated heterocycles. The van der Waals surface area contributed by atoms with Crippen molar-refractivity contribution in [1.82, 2.24) is 0 Å². The molecule has 0 aromatic carbocycles. The average molecular weight is 678 g/mol. The first-order chi connectivity index (χ1) is 22.0. The Hall–Kier alpha value is -0.990. The van der Waals surface area contributed by atoms with Gasteiger partial charge in [-0.1, -0.05) is 142 Å². The lowest BCUT2D eigenvalue weighted by atomic mass is 10.0. The van der Waals surface area contributed by atoms with Crippen LogP contribution in [0, 0.1) is 0 Å². The van der Waals surface area contributed by atoms with Gasteiger partial charge in [-0.05, 0) is 12.8 Å². The van der Waals surface area contributed by atoms with Crippen LogP contribution in [0.5, 0.6) is 0 Å². The van der Waals surface area contributed by atoms with Gasteiger partial charge in [-0.3, -0.25) is 14.2 Å². The highest BCUT2D eigenvalue weighted by atomic mass is 31.2. The van der Waals surface area contributed by atoms with Crippen LogP contribution in [0.4, 0.5) is 0 Å². The number of quaternary nitrogens is 1. The Balaban J connectivity index is 4.24. The molecule has 0 aliphatic heterocycles. The van der Waals surface area contributed by atoms with Crippen molar-refractivity contribution in [2.24, 2.45) is 0 Å². The number of esters is 2. The number of nitrogens with zero attached hydrogens (tertiary/aromatic N) is 1. The maximum absolute atomic E-state index is 12.5. The highest BCUT2D eigenvalue weighted by molar-refractivity contribution is 7.45. The van der Waals surface area contributed by atoms with E-state index in [1.165, 1.54) is 89.9 Å². The van der Waals surface area contributed by atoms with E-state index in [2.05, 4.69) is 13.8 Å². The molecule has 274 valence electrons. The van der Waals surface area contributed by atoms with Gasteiger partial charge < -0.3 is 27.9 Å². The fraction of sp³-hybridized carbons (Fsp3) is 0.944. The smallest absolute Gasteiger partial charge is 0.306 e. The van der Waals surface area contributed by atoms with E-state index in [1.54, 1.807) is 0 Å². The van der Waals surface area contributed by atoms with Gasteiger partial charge in [-0.2, -0.15) is 0 Å². The number of phosphoric ester groups is 1. The highest BCUT2D eigenvalue weighted by Gasteiger charge is 2.21. The molecule has 0 amide bonds. The van der Waals surface area contributed by atoms with Crippen molar-refractivity contribution in [3.63, 3.8) is 0 Å². The number of carbonyl (C=O) groups is 2. The Morgan fingerprint density at radius 2 is 0.978 bits per heavy atom. The van der Waals surface area contributed by atoms with Crippen LogP contribution in [0.15, 0.2) is 0 Å². The molecule has 0 saturated carbocycles. The zero-order valence-corrected chi connectivity index (χ0v) is 31.4. The first kappa shape index (κ1) is 45.0. The second kappa shape index (κ2) is 30.1. The second-order valence-corrected chi connectivity index (χ2v) is 15.4. The van der Waals surface area contributed by atoms with Crippen molar-refractivity contribution < 1.29 is 42.1 Å². The molecule has 10 heteroatoms. The van der Waals surface area contributed by atoms with E-state index in [1.807, 2.05) is 21.1 Å². The van der Waals surface area contributed by atoms with Crippen molar-refractivity contribution >= 4 is 19.8 Å². The topological polar surface area (TPSA) is 111 Å². The number of phosphoric acid groups is 1. The largest absolute Gasteiger partial charge is 0.756 e. The summed E-state index contributed by atoms with van der Waals surface area (Å²) in [4.78, 5) is 37.0. The molecule has 0 aromatic rings. The number of unbranched alkanes of at least 4 members (excludes halogenated alkanes) is 20. The Morgan fingerprint density at radius 3 is 1.39 bits per heavy atom. The Labute approximate surface area is 283 Å². The van der Waals surface area contributed by atoms with Gasteiger partial charge in [0.1, 0.15) is 19.8 Å². The van der Waals surface area contributed by atoms with E-state index in [0.717, 1.165) is 44.9 Å². The molecule has 0 aromatic heterocycles. The number of hydrogen-bond donors (Lipinski definition) is 0. The van der Waals surface area contributed by atoms with Crippen LogP contribution >= 0.6 is 7.82 Å². The summed E-state index contributed by atoms with van der Waals surface area (Å²) in [7, 11) is 1.17. The van der Waals surface area contributed by atoms with Crippen molar-refractivity contribution in [3.05, 3.63) is 0 Å². The molecule has 0 rings (SSSR count). The molecule has 0 aliphatic rings. The molecule has 0 aliphatic carbocycles. The maximum Gasteiger partial charge on any atom is 0.306 e. The molecule has 0 radical (unpaired) electrons. The van der Waals surface area contributed by atoms with E-state index in [-0.39, 0.29) is 26.1 Å². The van der Waals surface area contributed by atoms with Crippen LogP contribution in [0.1, 0.15) is 168 Å². The minimum absolute atomic E-state index is 0.0267. The zero-order valence-electron chi connectivity index (χ0n) is 30.5.